The van der Waals surface area contributed by atoms with E-state index in [-0.39, 0.29) is 11.9 Å². The second kappa shape index (κ2) is 9.18. The van der Waals surface area contributed by atoms with Gasteiger partial charge in [0.15, 0.2) is 0 Å². The maximum atomic E-state index is 12.7. The molecule has 0 bridgehead atoms. The van der Waals surface area contributed by atoms with Crippen LogP contribution in [0.1, 0.15) is 24.2 Å². The van der Waals surface area contributed by atoms with Gasteiger partial charge in [0.2, 0.25) is 0 Å². The molecule has 0 aliphatic carbocycles. The van der Waals surface area contributed by atoms with Gasteiger partial charge in [-0.25, -0.2) is 4.79 Å². The first-order chi connectivity index (χ1) is 15.5. The molecule has 0 spiro atoms. The number of esters is 1. The van der Waals surface area contributed by atoms with Crippen molar-refractivity contribution in [3.8, 4) is 0 Å². The van der Waals surface area contributed by atoms with Crippen molar-refractivity contribution in [3.63, 3.8) is 0 Å². The highest BCUT2D eigenvalue weighted by Crippen LogP contribution is 2.46. The van der Waals surface area contributed by atoms with Crippen molar-refractivity contribution in [2.24, 2.45) is 0 Å². The Labute approximate surface area is 197 Å². The number of thioether (sulfide) groups is 1. The van der Waals surface area contributed by atoms with Crippen LogP contribution in [0.5, 0.6) is 0 Å². The van der Waals surface area contributed by atoms with E-state index in [9.17, 15) is 9.59 Å². The van der Waals surface area contributed by atoms with E-state index < -0.39 is 0 Å². The highest BCUT2D eigenvalue weighted by Gasteiger charge is 2.33. The minimum absolute atomic E-state index is 0.0721. The van der Waals surface area contributed by atoms with Crippen molar-refractivity contribution >= 4 is 57.2 Å². The Morgan fingerprint density at radius 1 is 1.03 bits per heavy atom. The van der Waals surface area contributed by atoms with Crippen LogP contribution in [-0.4, -0.2) is 41.3 Å². The Kier molecular flexibility index (Phi) is 6.34. The lowest BCUT2D eigenvalue weighted by Gasteiger charge is -2.24. The van der Waals surface area contributed by atoms with E-state index in [0.29, 0.717) is 27.9 Å². The smallest absolute Gasteiger partial charge is 0.337 e. The van der Waals surface area contributed by atoms with Crippen molar-refractivity contribution in [2.75, 3.05) is 30.0 Å². The van der Waals surface area contributed by atoms with Gasteiger partial charge in [-0.15, -0.1) is 0 Å². The Hall–Kier alpha value is -3.10. The zero-order valence-electron chi connectivity index (χ0n) is 18.1. The van der Waals surface area contributed by atoms with Crippen LogP contribution in [0.2, 0.25) is 0 Å². The highest BCUT2D eigenvalue weighted by atomic mass is 32.2. The Morgan fingerprint density at radius 2 is 1.75 bits per heavy atom. The second-order valence-corrected chi connectivity index (χ2v) is 8.76. The molecule has 6 nitrogen and oxygen atoms in total. The first-order valence-electron chi connectivity index (χ1n) is 10.3. The summed E-state index contributed by atoms with van der Waals surface area (Å²) < 4.78 is 5.48. The van der Waals surface area contributed by atoms with Crippen LogP contribution >= 0.6 is 24.0 Å². The van der Waals surface area contributed by atoms with E-state index >= 15 is 0 Å². The van der Waals surface area contributed by atoms with Gasteiger partial charge in [0.1, 0.15) is 10.1 Å². The minimum atomic E-state index is -0.379. The number of rotatable bonds is 5. The zero-order valence-corrected chi connectivity index (χ0v) is 19.7. The summed E-state index contributed by atoms with van der Waals surface area (Å²) in [5, 5.41) is 0. The third-order valence-corrected chi connectivity index (χ3v) is 6.73. The fraction of sp³-hybridized carbons (Fsp3) is 0.208. The summed E-state index contributed by atoms with van der Waals surface area (Å²) in [6.45, 7) is 5.19. The molecule has 0 saturated carbocycles. The maximum Gasteiger partial charge on any atom is 0.337 e. The highest BCUT2D eigenvalue weighted by molar-refractivity contribution is 8.26. The lowest BCUT2D eigenvalue weighted by molar-refractivity contribution is -0.122. The van der Waals surface area contributed by atoms with Crippen LogP contribution < -0.4 is 9.80 Å². The SMILES string of the molecule is CCN1C(=O)C(=CC=C2N(CC)c3cc(C(=O)OC)ccc3N2c2ccccc2)SC1=S. The molecular weight excluding hydrogens is 442 g/mol. The van der Waals surface area contributed by atoms with Gasteiger partial charge < -0.3 is 9.64 Å². The summed E-state index contributed by atoms with van der Waals surface area (Å²) in [4.78, 5) is 31.2. The largest absolute Gasteiger partial charge is 0.465 e. The molecule has 2 aliphatic heterocycles. The predicted octanol–water partition coefficient (Wildman–Crippen LogP) is 5.06. The van der Waals surface area contributed by atoms with Gasteiger partial charge in [-0.3, -0.25) is 14.6 Å². The molecule has 0 aromatic heterocycles. The third-order valence-electron chi connectivity index (χ3n) is 5.34. The fourth-order valence-electron chi connectivity index (χ4n) is 3.82. The van der Waals surface area contributed by atoms with Gasteiger partial charge >= 0.3 is 5.97 Å². The molecule has 8 heteroatoms. The molecule has 1 saturated heterocycles. The average Bonchev–Trinajstić information content (AvgIpc) is 3.28. The fourth-order valence-corrected chi connectivity index (χ4v) is 5.15. The first kappa shape index (κ1) is 22.1. The van der Waals surface area contributed by atoms with Crippen LogP contribution in [-0.2, 0) is 9.53 Å². The summed E-state index contributed by atoms with van der Waals surface area (Å²) >= 11 is 6.65. The zero-order chi connectivity index (χ0) is 22.8. The number of carbonyl (C=O) groups is 2. The van der Waals surface area contributed by atoms with Crippen molar-refractivity contribution in [1.29, 1.82) is 0 Å². The molecule has 1 fully saturated rings. The molecule has 0 radical (unpaired) electrons. The number of methoxy groups -OCH3 is 1. The molecule has 32 heavy (non-hydrogen) atoms. The molecule has 1 amide bonds. The second-order valence-electron chi connectivity index (χ2n) is 7.08. The molecule has 0 atom stereocenters. The van der Waals surface area contributed by atoms with Crippen LogP contribution in [0.25, 0.3) is 0 Å². The predicted molar refractivity (Wildman–Crippen MR) is 133 cm³/mol. The number of anilines is 3. The number of thiocarbonyl (C=S) groups is 1. The summed E-state index contributed by atoms with van der Waals surface area (Å²) in [6, 6.07) is 15.5. The van der Waals surface area contributed by atoms with Gasteiger partial charge in [0.25, 0.3) is 5.91 Å². The summed E-state index contributed by atoms with van der Waals surface area (Å²) in [5.41, 5.74) is 3.32. The van der Waals surface area contributed by atoms with Gasteiger partial charge in [-0.2, -0.15) is 0 Å². The number of ether oxygens (including phenoxy) is 1. The van der Waals surface area contributed by atoms with E-state index in [1.54, 1.807) is 11.0 Å². The molecular formula is C24H23N3O3S2. The van der Waals surface area contributed by atoms with E-state index in [4.69, 9.17) is 17.0 Å². The number of amides is 1. The standard InChI is InChI=1S/C24H23N3O3S2/c1-4-25-19-15-16(23(29)30-3)11-12-18(19)27(17-9-7-6-8-10-17)21(25)14-13-20-22(28)26(5-2)24(31)32-20/h6-15H,4-5H2,1-3H3. The van der Waals surface area contributed by atoms with Crippen LogP contribution in [0.4, 0.5) is 17.1 Å². The van der Waals surface area contributed by atoms with Gasteiger partial charge in [-0.05, 0) is 56.3 Å². The average molecular weight is 466 g/mol. The number of nitrogens with zero attached hydrogens (tertiary/aromatic N) is 3. The third kappa shape index (κ3) is 3.80. The lowest BCUT2D eigenvalue weighted by atomic mass is 10.1. The molecule has 2 aromatic carbocycles. The molecule has 164 valence electrons. The number of fused-ring (bicyclic) bond motifs is 1. The Balaban J connectivity index is 1.83. The quantitative estimate of drug-likeness (QED) is 0.348. The molecule has 0 unspecified atom stereocenters. The van der Waals surface area contributed by atoms with Crippen LogP contribution in [0, 0.1) is 0 Å². The maximum absolute atomic E-state index is 12.7. The Bertz CT molecular complexity index is 1140. The van der Waals surface area contributed by atoms with Gasteiger partial charge in [0, 0.05) is 18.8 Å². The van der Waals surface area contributed by atoms with Crippen molar-refractivity contribution in [1.82, 2.24) is 4.90 Å². The van der Waals surface area contributed by atoms with Gasteiger partial charge in [-0.1, -0.05) is 42.2 Å². The minimum Gasteiger partial charge on any atom is -0.465 e. The van der Waals surface area contributed by atoms with Crippen molar-refractivity contribution in [3.05, 3.63) is 77.0 Å². The van der Waals surface area contributed by atoms with E-state index in [0.717, 1.165) is 22.9 Å². The Morgan fingerprint density at radius 3 is 2.38 bits per heavy atom. The van der Waals surface area contributed by atoms with E-state index in [1.807, 2.05) is 68.5 Å². The number of para-hydroxylation sites is 1. The topological polar surface area (TPSA) is 53.1 Å². The molecule has 2 heterocycles. The van der Waals surface area contributed by atoms with Crippen LogP contribution in [0.3, 0.4) is 0 Å². The van der Waals surface area contributed by atoms with Gasteiger partial charge in [0.05, 0.1) is 29.0 Å². The van der Waals surface area contributed by atoms with E-state index in [2.05, 4.69) is 9.80 Å². The normalized spacial score (nSPS) is 18.2. The summed E-state index contributed by atoms with van der Waals surface area (Å²) in [5.74, 6) is 0.436. The number of hydrogen-bond acceptors (Lipinski definition) is 7. The van der Waals surface area contributed by atoms with Crippen molar-refractivity contribution in [2.45, 2.75) is 13.8 Å². The lowest BCUT2D eigenvalue weighted by Crippen LogP contribution is -2.27. The molecule has 2 aromatic rings. The number of benzene rings is 2. The number of hydrogen-bond donors (Lipinski definition) is 0. The molecule has 0 N–H and O–H groups in total. The monoisotopic (exact) mass is 465 g/mol. The van der Waals surface area contributed by atoms with Crippen LogP contribution in [0.15, 0.2) is 71.4 Å². The number of allylic oxidation sites excluding steroid dienone is 2. The number of carbonyl (C=O) groups excluding carboxylic acids is 2. The van der Waals surface area contributed by atoms with Crippen molar-refractivity contribution < 1.29 is 14.3 Å². The molecule has 4 rings (SSSR count). The summed E-state index contributed by atoms with van der Waals surface area (Å²) in [6.07, 6.45) is 3.77. The number of likely N-dealkylation sites (N-methyl/N-ethyl adjacent to an activating group) is 1. The summed E-state index contributed by atoms with van der Waals surface area (Å²) in [7, 11) is 1.38. The first-order valence-corrected chi connectivity index (χ1v) is 11.5. The van der Waals surface area contributed by atoms with E-state index in [1.165, 1.54) is 18.9 Å². The molecule has 2 aliphatic rings.